The Morgan fingerprint density at radius 1 is 1.57 bits per heavy atom. The second-order valence-corrected chi connectivity index (χ2v) is 3.31. The maximum absolute atomic E-state index is 11.4. The standard InChI is InChI=1S/C7H8BrN5O/c1-3-11-2-4(8)5(12-3)6(14)13-7(9)10/h2H,1H3,(H4,9,10,13,14). The average molecular weight is 258 g/mol. The fraction of sp³-hybridized carbons (Fsp3) is 0.143. The molecule has 0 saturated heterocycles. The van der Waals surface area contributed by atoms with Crippen LogP contribution >= 0.6 is 15.9 Å². The van der Waals surface area contributed by atoms with Gasteiger partial charge in [0.15, 0.2) is 5.96 Å². The molecule has 4 N–H and O–H groups in total. The quantitative estimate of drug-likeness (QED) is 0.543. The SMILES string of the molecule is Cc1ncc(Br)c(C(=O)N=C(N)N)n1. The maximum atomic E-state index is 11.4. The molecule has 1 aromatic rings. The Morgan fingerprint density at radius 2 is 2.21 bits per heavy atom. The highest BCUT2D eigenvalue weighted by Crippen LogP contribution is 2.13. The van der Waals surface area contributed by atoms with E-state index in [-0.39, 0.29) is 11.7 Å². The van der Waals surface area contributed by atoms with E-state index in [0.717, 1.165) is 0 Å². The van der Waals surface area contributed by atoms with Crippen LogP contribution in [0, 0.1) is 6.92 Å². The van der Waals surface area contributed by atoms with Crippen LogP contribution in [-0.4, -0.2) is 21.8 Å². The molecule has 0 unspecified atom stereocenters. The molecular formula is C7H8BrN5O. The van der Waals surface area contributed by atoms with Gasteiger partial charge in [0.1, 0.15) is 11.5 Å². The maximum Gasteiger partial charge on any atom is 0.300 e. The number of rotatable bonds is 1. The van der Waals surface area contributed by atoms with E-state index in [9.17, 15) is 4.79 Å². The van der Waals surface area contributed by atoms with Gasteiger partial charge in [0, 0.05) is 6.20 Å². The van der Waals surface area contributed by atoms with Crippen molar-refractivity contribution in [1.82, 2.24) is 9.97 Å². The molecule has 0 bridgehead atoms. The van der Waals surface area contributed by atoms with Crippen molar-refractivity contribution in [2.75, 3.05) is 0 Å². The van der Waals surface area contributed by atoms with E-state index in [2.05, 4.69) is 30.9 Å². The normalized spacial score (nSPS) is 9.57. The molecule has 0 aliphatic heterocycles. The number of nitrogens with two attached hydrogens (primary N) is 2. The first-order valence-corrected chi connectivity index (χ1v) is 4.43. The number of carbonyl (C=O) groups excluding carboxylic acids is 1. The Bertz CT molecular complexity index is 399. The zero-order chi connectivity index (χ0) is 10.7. The summed E-state index contributed by atoms with van der Waals surface area (Å²) >= 11 is 3.12. The fourth-order valence-corrected chi connectivity index (χ4v) is 1.14. The Kier molecular flexibility index (Phi) is 3.13. The smallest absolute Gasteiger partial charge is 0.300 e. The Labute approximate surface area is 88.6 Å². The van der Waals surface area contributed by atoms with Crippen molar-refractivity contribution < 1.29 is 4.79 Å². The van der Waals surface area contributed by atoms with Gasteiger partial charge >= 0.3 is 0 Å². The second kappa shape index (κ2) is 4.14. The number of aryl methyl sites for hydroxylation is 1. The lowest BCUT2D eigenvalue weighted by Crippen LogP contribution is -2.24. The predicted molar refractivity (Wildman–Crippen MR) is 54.6 cm³/mol. The summed E-state index contributed by atoms with van der Waals surface area (Å²) < 4.78 is 0.457. The number of hydrogen-bond acceptors (Lipinski definition) is 3. The van der Waals surface area contributed by atoms with Gasteiger partial charge in [-0.15, -0.1) is 0 Å². The Balaban J connectivity index is 3.12. The topological polar surface area (TPSA) is 107 Å². The third-order valence-electron chi connectivity index (χ3n) is 1.30. The van der Waals surface area contributed by atoms with Crippen LogP contribution in [0.25, 0.3) is 0 Å². The largest absolute Gasteiger partial charge is 0.370 e. The van der Waals surface area contributed by atoms with E-state index in [1.54, 1.807) is 6.92 Å². The molecule has 74 valence electrons. The van der Waals surface area contributed by atoms with Gasteiger partial charge in [0.05, 0.1) is 4.47 Å². The van der Waals surface area contributed by atoms with E-state index in [1.807, 2.05) is 0 Å². The summed E-state index contributed by atoms with van der Waals surface area (Å²) in [6.45, 7) is 1.67. The molecular weight excluding hydrogens is 250 g/mol. The van der Waals surface area contributed by atoms with Crippen LogP contribution in [0.4, 0.5) is 0 Å². The zero-order valence-electron chi connectivity index (χ0n) is 7.36. The van der Waals surface area contributed by atoms with E-state index in [1.165, 1.54) is 6.20 Å². The summed E-state index contributed by atoms with van der Waals surface area (Å²) in [6.07, 6.45) is 1.47. The van der Waals surface area contributed by atoms with Gasteiger partial charge in [0.2, 0.25) is 0 Å². The summed E-state index contributed by atoms with van der Waals surface area (Å²) in [5.41, 5.74) is 10.3. The minimum atomic E-state index is -0.595. The fourth-order valence-electron chi connectivity index (χ4n) is 0.775. The first-order chi connectivity index (χ1) is 6.50. The van der Waals surface area contributed by atoms with Gasteiger partial charge in [0.25, 0.3) is 5.91 Å². The van der Waals surface area contributed by atoms with Crippen LogP contribution < -0.4 is 11.5 Å². The number of carbonyl (C=O) groups is 1. The third-order valence-corrected chi connectivity index (χ3v) is 1.88. The highest BCUT2D eigenvalue weighted by Gasteiger charge is 2.11. The van der Waals surface area contributed by atoms with Crippen LogP contribution in [0.5, 0.6) is 0 Å². The highest BCUT2D eigenvalue weighted by molar-refractivity contribution is 9.10. The van der Waals surface area contributed by atoms with Crippen LogP contribution in [0.1, 0.15) is 16.3 Å². The first kappa shape index (κ1) is 10.6. The summed E-state index contributed by atoms with van der Waals surface area (Å²) in [5, 5.41) is 0. The molecule has 0 atom stereocenters. The number of halogens is 1. The number of aliphatic imine (C=N–C) groups is 1. The van der Waals surface area contributed by atoms with Gasteiger partial charge in [-0.25, -0.2) is 9.97 Å². The first-order valence-electron chi connectivity index (χ1n) is 3.64. The van der Waals surface area contributed by atoms with Gasteiger partial charge in [-0.05, 0) is 22.9 Å². The van der Waals surface area contributed by atoms with Crippen molar-refractivity contribution in [3.63, 3.8) is 0 Å². The molecule has 1 rings (SSSR count). The van der Waals surface area contributed by atoms with E-state index in [0.29, 0.717) is 10.3 Å². The van der Waals surface area contributed by atoms with Gasteiger partial charge in [-0.1, -0.05) is 0 Å². The molecule has 0 fully saturated rings. The number of aromatic nitrogens is 2. The van der Waals surface area contributed by atoms with Crippen molar-refractivity contribution >= 4 is 27.8 Å². The van der Waals surface area contributed by atoms with Crippen LogP contribution in [0.2, 0.25) is 0 Å². The van der Waals surface area contributed by atoms with Crippen molar-refractivity contribution in [2.45, 2.75) is 6.92 Å². The summed E-state index contributed by atoms with van der Waals surface area (Å²) in [7, 11) is 0. The molecule has 0 aliphatic rings. The Morgan fingerprint density at radius 3 is 2.79 bits per heavy atom. The van der Waals surface area contributed by atoms with Crippen molar-refractivity contribution in [1.29, 1.82) is 0 Å². The van der Waals surface area contributed by atoms with E-state index in [4.69, 9.17) is 11.5 Å². The molecule has 0 aliphatic carbocycles. The lowest BCUT2D eigenvalue weighted by Gasteiger charge is -1.99. The van der Waals surface area contributed by atoms with Gasteiger partial charge < -0.3 is 11.5 Å². The lowest BCUT2D eigenvalue weighted by molar-refractivity contribution is 0.0996. The van der Waals surface area contributed by atoms with E-state index < -0.39 is 5.91 Å². The van der Waals surface area contributed by atoms with Crippen LogP contribution in [0.3, 0.4) is 0 Å². The monoisotopic (exact) mass is 257 g/mol. The molecule has 0 spiro atoms. The highest BCUT2D eigenvalue weighted by atomic mass is 79.9. The average Bonchev–Trinajstić information content (AvgIpc) is 2.08. The lowest BCUT2D eigenvalue weighted by atomic mass is 10.4. The summed E-state index contributed by atoms with van der Waals surface area (Å²) in [4.78, 5) is 22.5. The molecule has 0 aromatic carbocycles. The molecule has 0 saturated carbocycles. The Hall–Kier alpha value is -1.50. The third kappa shape index (κ3) is 2.49. The van der Waals surface area contributed by atoms with E-state index >= 15 is 0 Å². The molecule has 0 radical (unpaired) electrons. The summed E-state index contributed by atoms with van der Waals surface area (Å²) in [5.74, 6) is -0.414. The van der Waals surface area contributed by atoms with Crippen molar-refractivity contribution in [3.8, 4) is 0 Å². The molecule has 14 heavy (non-hydrogen) atoms. The molecule has 1 amide bonds. The molecule has 1 heterocycles. The molecule has 7 heteroatoms. The number of guanidine groups is 1. The second-order valence-electron chi connectivity index (χ2n) is 2.46. The molecule has 6 nitrogen and oxygen atoms in total. The van der Waals surface area contributed by atoms with Crippen molar-refractivity contribution in [3.05, 3.63) is 22.2 Å². The van der Waals surface area contributed by atoms with Gasteiger partial charge in [-0.2, -0.15) is 4.99 Å². The molecule has 1 aromatic heterocycles. The van der Waals surface area contributed by atoms with Crippen LogP contribution in [-0.2, 0) is 0 Å². The minimum Gasteiger partial charge on any atom is -0.370 e. The number of hydrogen-bond donors (Lipinski definition) is 2. The van der Waals surface area contributed by atoms with Crippen LogP contribution in [0.15, 0.2) is 15.7 Å². The van der Waals surface area contributed by atoms with Gasteiger partial charge in [-0.3, -0.25) is 4.79 Å². The predicted octanol–water partition coefficient (Wildman–Crippen LogP) is -0.0389. The number of nitrogens with zero attached hydrogens (tertiary/aromatic N) is 3. The number of amides is 1. The minimum absolute atomic E-state index is 0.144. The zero-order valence-corrected chi connectivity index (χ0v) is 8.95. The van der Waals surface area contributed by atoms with Crippen molar-refractivity contribution in [2.24, 2.45) is 16.5 Å². The summed E-state index contributed by atoms with van der Waals surface area (Å²) in [6, 6.07) is 0.